The SMILES string of the molecule is CC1(C)OB(c2c3ccccc3cc3c2cnn3C2CCCCO2)OC1(C)C. The minimum atomic E-state index is -0.427. The van der Waals surface area contributed by atoms with Gasteiger partial charge in [0.1, 0.15) is 0 Å². The monoisotopic (exact) mass is 378 g/mol. The highest BCUT2D eigenvalue weighted by atomic mass is 16.7. The van der Waals surface area contributed by atoms with Crippen molar-refractivity contribution in [3.05, 3.63) is 36.5 Å². The van der Waals surface area contributed by atoms with Crippen LogP contribution in [0.1, 0.15) is 53.2 Å². The molecule has 2 aliphatic heterocycles. The molecule has 5 rings (SSSR count). The van der Waals surface area contributed by atoms with Gasteiger partial charge in [-0.15, -0.1) is 0 Å². The molecule has 0 saturated carbocycles. The second-order valence-corrected chi connectivity index (χ2v) is 8.94. The van der Waals surface area contributed by atoms with Crippen LogP contribution in [0.2, 0.25) is 0 Å². The molecule has 0 aliphatic carbocycles. The second kappa shape index (κ2) is 6.31. The summed E-state index contributed by atoms with van der Waals surface area (Å²) in [6.07, 6.45) is 5.23. The summed E-state index contributed by atoms with van der Waals surface area (Å²) in [6, 6.07) is 10.6. The predicted octanol–water partition coefficient (Wildman–Crippen LogP) is 4.19. The van der Waals surface area contributed by atoms with Gasteiger partial charge in [0.15, 0.2) is 6.23 Å². The normalized spacial score (nSPS) is 24.3. The zero-order valence-corrected chi connectivity index (χ0v) is 17.1. The highest BCUT2D eigenvalue weighted by molar-refractivity contribution is 6.68. The molecule has 3 heterocycles. The summed E-state index contributed by atoms with van der Waals surface area (Å²) in [4.78, 5) is 0. The summed E-state index contributed by atoms with van der Waals surface area (Å²) in [5, 5.41) is 8.12. The van der Waals surface area contributed by atoms with Crippen molar-refractivity contribution >= 4 is 34.3 Å². The van der Waals surface area contributed by atoms with Gasteiger partial charge in [0.05, 0.1) is 22.9 Å². The number of hydrogen-bond donors (Lipinski definition) is 0. The molecule has 0 radical (unpaired) electrons. The average molecular weight is 378 g/mol. The molecule has 0 spiro atoms. The number of aromatic nitrogens is 2. The summed E-state index contributed by atoms with van der Waals surface area (Å²) in [6.45, 7) is 9.16. The summed E-state index contributed by atoms with van der Waals surface area (Å²) >= 11 is 0. The maximum absolute atomic E-state index is 6.43. The molecule has 1 aromatic heterocycles. The van der Waals surface area contributed by atoms with Gasteiger partial charge in [-0.05, 0) is 63.8 Å². The summed E-state index contributed by atoms with van der Waals surface area (Å²) in [5.41, 5.74) is 1.37. The van der Waals surface area contributed by atoms with E-state index in [9.17, 15) is 0 Å². The van der Waals surface area contributed by atoms with Gasteiger partial charge in [-0.25, -0.2) is 4.68 Å². The first-order valence-corrected chi connectivity index (χ1v) is 10.2. The molecular weight excluding hydrogens is 351 g/mol. The lowest BCUT2D eigenvalue weighted by Gasteiger charge is -2.32. The van der Waals surface area contributed by atoms with Crippen LogP contribution in [0, 0.1) is 0 Å². The van der Waals surface area contributed by atoms with E-state index >= 15 is 0 Å². The molecule has 0 N–H and O–H groups in total. The zero-order chi connectivity index (χ0) is 19.5. The number of fused-ring (bicyclic) bond motifs is 2. The number of nitrogens with zero attached hydrogens (tertiary/aromatic N) is 2. The van der Waals surface area contributed by atoms with Crippen LogP contribution in [0.4, 0.5) is 0 Å². The molecule has 2 aliphatic rings. The quantitative estimate of drug-likeness (QED) is 0.628. The standard InChI is InChI=1S/C22H27BN2O3/c1-21(2)22(3,4)28-23(27-21)20-16-10-6-5-9-15(16)13-18-17(20)14-24-25(18)19-11-7-8-12-26-19/h5-6,9-10,13-14,19H,7-8,11-12H2,1-4H3. The van der Waals surface area contributed by atoms with Gasteiger partial charge in [-0.1, -0.05) is 24.3 Å². The fraction of sp³-hybridized carbons (Fsp3) is 0.500. The van der Waals surface area contributed by atoms with E-state index in [2.05, 4.69) is 58.0 Å². The minimum Gasteiger partial charge on any atom is -0.399 e. The third-order valence-corrected chi connectivity index (χ3v) is 6.58. The molecule has 1 atom stereocenters. The Morgan fingerprint density at radius 1 is 1.04 bits per heavy atom. The second-order valence-electron chi connectivity index (χ2n) is 8.94. The number of hydrogen-bond acceptors (Lipinski definition) is 4. The first-order chi connectivity index (χ1) is 13.4. The Balaban J connectivity index is 1.71. The lowest BCUT2D eigenvalue weighted by Crippen LogP contribution is -2.41. The van der Waals surface area contributed by atoms with Crippen LogP contribution >= 0.6 is 0 Å². The molecule has 2 aromatic carbocycles. The Bertz CT molecular complexity index is 1020. The first kappa shape index (κ1) is 18.2. The largest absolute Gasteiger partial charge is 0.496 e. The van der Waals surface area contributed by atoms with E-state index in [4.69, 9.17) is 19.1 Å². The lowest BCUT2D eigenvalue weighted by atomic mass is 9.74. The van der Waals surface area contributed by atoms with Crippen molar-refractivity contribution in [1.82, 2.24) is 9.78 Å². The van der Waals surface area contributed by atoms with E-state index in [1.807, 2.05) is 10.9 Å². The van der Waals surface area contributed by atoms with Crippen LogP contribution in [-0.4, -0.2) is 34.7 Å². The molecule has 6 heteroatoms. The fourth-order valence-corrected chi connectivity index (χ4v) is 4.24. The van der Waals surface area contributed by atoms with Gasteiger partial charge in [0.25, 0.3) is 0 Å². The van der Waals surface area contributed by atoms with Crippen molar-refractivity contribution < 1.29 is 14.0 Å². The van der Waals surface area contributed by atoms with E-state index in [-0.39, 0.29) is 17.4 Å². The van der Waals surface area contributed by atoms with Crippen LogP contribution in [0.5, 0.6) is 0 Å². The van der Waals surface area contributed by atoms with Crippen molar-refractivity contribution in [3.8, 4) is 0 Å². The first-order valence-electron chi connectivity index (χ1n) is 10.2. The molecule has 1 unspecified atom stereocenters. The highest BCUT2D eigenvalue weighted by Crippen LogP contribution is 2.38. The van der Waals surface area contributed by atoms with Gasteiger partial charge in [-0.2, -0.15) is 5.10 Å². The molecular formula is C22H27BN2O3. The Morgan fingerprint density at radius 3 is 2.50 bits per heavy atom. The molecule has 5 nitrogen and oxygen atoms in total. The molecule has 146 valence electrons. The highest BCUT2D eigenvalue weighted by Gasteiger charge is 2.52. The Kier molecular flexibility index (Phi) is 4.09. The number of benzene rings is 2. The molecule has 0 amide bonds. The Hall–Kier alpha value is -1.89. The molecule has 2 saturated heterocycles. The van der Waals surface area contributed by atoms with Crippen molar-refractivity contribution in [3.63, 3.8) is 0 Å². The smallest absolute Gasteiger partial charge is 0.399 e. The van der Waals surface area contributed by atoms with E-state index in [0.29, 0.717) is 0 Å². The van der Waals surface area contributed by atoms with Gasteiger partial charge < -0.3 is 14.0 Å². The Morgan fingerprint density at radius 2 is 1.79 bits per heavy atom. The molecule has 0 bridgehead atoms. The summed E-state index contributed by atoms with van der Waals surface area (Å²) < 4.78 is 20.9. The maximum atomic E-state index is 6.43. The molecule has 2 fully saturated rings. The van der Waals surface area contributed by atoms with Crippen LogP contribution in [-0.2, 0) is 14.0 Å². The molecule has 3 aromatic rings. The van der Waals surface area contributed by atoms with Crippen molar-refractivity contribution in [2.75, 3.05) is 6.61 Å². The van der Waals surface area contributed by atoms with Crippen molar-refractivity contribution in [1.29, 1.82) is 0 Å². The van der Waals surface area contributed by atoms with E-state index in [1.54, 1.807) is 0 Å². The minimum absolute atomic E-state index is 0.00133. The van der Waals surface area contributed by atoms with Crippen LogP contribution < -0.4 is 5.46 Å². The van der Waals surface area contributed by atoms with Crippen LogP contribution in [0.25, 0.3) is 21.7 Å². The van der Waals surface area contributed by atoms with E-state index in [0.717, 1.165) is 46.6 Å². The Labute approximate surface area is 166 Å². The van der Waals surface area contributed by atoms with Gasteiger partial charge in [-0.3, -0.25) is 0 Å². The molecule has 28 heavy (non-hydrogen) atoms. The van der Waals surface area contributed by atoms with Gasteiger partial charge >= 0.3 is 7.12 Å². The van der Waals surface area contributed by atoms with Crippen molar-refractivity contribution in [2.45, 2.75) is 64.4 Å². The number of ether oxygens (including phenoxy) is 1. The van der Waals surface area contributed by atoms with E-state index < -0.39 is 7.12 Å². The summed E-state index contributed by atoms with van der Waals surface area (Å²) in [5.74, 6) is 0. The van der Waals surface area contributed by atoms with Crippen molar-refractivity contribution in [2.24, 2.45) is 0 Å². The van der Waals surface area contributed by atoms with E-state index in [1.165, 1.54) is 6.42 Å². The fourth-order valence-electron chi connectivity index (χ4n) is 4.24. The third-order valence-electron chi connectivity index (χ3n) is 6.58. The number of rotatable bonds is 2. The van der Waals surface area contributed by atoms with Gasteiger partial charge in [0, 0.05) is 17.5 Å². The topological polar surface area (TPSA) is 45.5 Å². The average Bonchev–Trinajstić information content (AvgIpc) is 3.17. The maximum Gasteiger partial charge on any atom is 0.496 e. The third kappa shape index (κ3) is 2.70. The van der Waals surface area contributed by atoms with Gasteiger partial charge in [0.2, 0.25) is 0 Å². The van der Waals surface area contributed by atoms with Crippen LogP contribution in [0.15, 0.2) is 36.5 Å². The predicted molar refractivity (Wildman–Crippen MR) is 112 cm³/mol. The zero-order valence-electron chi connectivity index (χ0n) is 17.1. The van der Waals surface area contributed by atoms with Crippen LogP contribution in [0.3, 0.4) is 0 Å². The summed E-state index contributed by atoms with van der Waals surface area (Å²) in [7, 11) is -0.427. The lowest BCUT2D eigenvalue weighted by molar-refractivity contribution is -0.0366.